The summed E-state index contributed by atoms with van der Waals surface area (Å²) in [6, 6.07) is 0. The van der Waals surface area contributed by atoms with E-state index in [0.29, 0.717) is 78.9 Å². The molecular formula is C14H29N5O5. The molecule has 0 aromatic heterocycles. The lowest BCUT2D eigenvalue weighted by Crippen LogP contribution is -2.27. The van der Waals surface area contributed by atoms with Crippen molar-refractivity contribution in [1.29, 1.82) is 0 Å². The molecule has 0 atom stereocenters. The Labute approximate surface area is 142 Å². The largest absolute Gasteiger partial charge is 0.379 e. The number of nitrogens with one attached hydrogen (secondary N) is 1. The molecule has 10 nitrogen and oxygen atoms in total. The molecule has 0 saturated heterocycles. The van der Waals surface area contributed by atoms with Crippen molar-refractivity contribution in [1.82, 2.24) is 5.32 Å². The number of azide groups is 1. The van der Waals surface area contributed by atoms with E-state index in [0.717, 1.165) is 6.42 Å². The zero-order chi connectivity index (χ0) is 17.7. The maximum Gasteiger partial charge on any atom is 0.222 e. The van der Waals surface area contributed by atoms with Crippen molar-refractivity contribution in [2.24, 2.45) is 10.8 Å². The molecule has 0 saturated carbocycles. The predicted molar refractivity (Wildman–Crippen MR) is 88.6 cm³/mol. The smallest absolute Gasteiger partial charge is 0.222 e. The first-order valence-electron chi connectivity index (χ1n) is 8.10. The summed E-state index contributed by atoms with van der Waals surface area (Å²) in [6.45, 7) is 5.06. The molecule has 0 bridgehead atoms. The minimum atomic E-state index is -0.0283. The van der Waals surface area contributed by atoms with Gasteiger partial charge in [-0.05, 0) is 18.5 Å². The molecule has 0 aliphatic rings. The Morgan fingerprint density at radius 1 is 0.958 bits per heavy atom. The molecule has 3 N–H and O–H groups in total. The normalized spacial score (nSPS) is 10.4. The standard InChI is InChI=1S/C14H29N5O5/c15-3-1-4-17-14(20)2-6-21-8-10-23-12-13-24-11-9-22-7-5-18-19-16/h1-13,15H2,(H,17,20). The van der Waals surface area contributed by atoms with Crippen molar-refractivity contribution in [2.75, 3.05) is 72.5 Å². The van der Waals surface area contributed by atoms with Crippen molar-refractivity contribution in [3.63, 3.8) is 0 Å². The number of nitrogens with two attached hydrogens (primary N) is 1. The summed E-state index contributed by atoms with van der Waals surface area (Å²) in [4.78, 5) is 14.0. The molecule has 140 valence electrons. The maximum absolute atomic E-state index is 11.3. The molecule has 0 rings (SSSR count). The van der Waals surface area contributed by atoms with Gasteiger partial charge in [-0.3, -0.25) is 4.79 Å². The zero-order valence-electron chi connectivity index (χ0n) is 14.2. The van der Waals surface area contributed by atoms with Crippen molar-refractivity contribution >= 4 is 5.91 Å². The highest BCUT2D eigenvalue weighted by Gasteiger charge is 1.99. The summed E-state index contributed by atoms with van der Waals surface area (Å²) in [5.41, 5.74) is 13.4. The van der Waals surface area contributed by atoms with Gasteiger partial charge in [-0.25, -0.2) is 0 Å². The van der Waals surface area contributed by atoms with Gasteiger partial charge < -0.3 is 30.0 Å². The number of hydrogen-bond acceptors (Lipinski definition) is 7. The van der Waals surface area contributed by atoms with E-state index in [-0.39, 0.29) is 5.91 Å². The second-order valence-corrected chi connectivity index (χ2v) is 4.65. The minimum Gasteiger partial charge on any atom is -0.379 e. The van der Waals surface area contributed by atoms with Crippen LogP contribution < -0.4 is 11.1 Å². The highest BCUT2D eigenvalue weighted by molar-refractivity contribution is 5.75. The third-order valence-electron chi connectivity index (χ3n) is 2.69. The predicted octanol–water partition coefficient (Wildman–Crippen LogP) is 0.218. The molecule has 0 aromatic rings. The second-order valence-electron chi connectivity index (χ2n) is 4.65. The van der Waals surface area contributed by atoms with E-state index in [9.17, 15) is 4.79 Å². The van der Waals surface area contributed by atoms with Crippen LogP contribution in [0.5, 0.6) is 0 Å². The molecule has 0 heterocycles. The van der Waals surface area contributed by atoms with Crippen LogP contribution >= 0.6 is 0 Å². The van der Waals surface area contributed by atoms with E-state index in [2.05, 4.69) is 15.3 Å². The van der Waals surface area contributed by atoms with Gasteiger partial charge in [-0.2, -0.15) is 0 Å². The fourth-order valence-electron chi connectivity index (χ4n) is 1.50. The third-order valence-corrected chi connectivity index (χ3v) is 2.69. The highest BCUT2D eigenvalue weighted by atomic mass is 16.6. The minimum absolute atomic E-state index is 0.0283. The molecule has 0 spiro atoms. The number of carbonyl (C=O) groups excluding carboxylic acids is 1. The number of carbonyl (C=O) groups is 1. The van der Waals surface area contributed by atoms with Crippen LogP contribution in [-0.4, -0.2) is 78.4 Å². The van der Waals surface area contributed by atoms with Gasteiger partial charge in [0.2, 0.25) is 5.91 Å². The van der Waals surface area contributed by atoms with Gasteiger partial charge in [0.25, 0.3) is 0 Å². The summed E-state index contributed by atoms with van der Waals surface area (Å²) < 4.78 is 21.1. The lowest BCUT2D eigenvalue weighted by molar-refractivity contribution is -0.122. The Morgan fingerprint density at radius 2 is 1.50 bits per heavy atom. The molecule has 0 unspecified atom stereocenters. The number of rotatable bonds is 18. The van der Waals surface area contributed by atoms with E-state index in [4.69, 9.17) is 30.2 Å². The van der Waals surface area contributed by atoms with E-state index >= 15 is 0 Å². The fourth-order valence-corrected chi connectivity index (χ4v) is 1.50. The van der Waals surface area contributed by atoms with Gasteiger partial charge in [-0.15, -0.1) is 0 Å². The van der Waals surface area contributed by atoms with Gasteiger partial charge in [0.05, 0.1) is 52.9 Å². The third kappa shape index (κ3) is 18.6. The Bertz CT molecular complexity index is 340. The molecule has 0 fully saturated rings. The fraction of sp³-hybridized carbons (Fsp3) is 0.929. The first kappa shape index (κ1) is 22.6. The lowest BCUT2D eigenvalue weighted by Gasteiger charge is -2.07. The van der Waals surface area contributed by atoms with Crippen LogP contribution in [0.3, 0.4) is 0 Å². The van der Waals surface area contributed by atoms with Crippen molar-refractivity contribution in [2.45, 2.75) is 12.8 Å². The molecule has 0 radical (unpaired) electrons. The van der Waals surface area contributed by atoms with Crippen LogP contribution in [0.25, 0.3) is 10.4 Å². The molecule has 24 heavy (non-hydrogen) atoms. The SMILES string of the molecule is [N-]=[N+]=NCCOCCOCCOCCOCCC(=O)NCCCN. The van der Waals surface area contributed by atoms with Crippen molar-refractivity contribution < 1.29 is 23.7 Å². The summed E-state index contributed by atoms with van der Waals surface area (Å²) in [5, 5.41) is 6.10. The molecule has 10 heteroatoms. The average Bonchev–Trinajstić information content (AvgIpc) is 2.58. The Morgan fingerprint density at radius 3 is 2.04 bits per heavy atom. The van der Waals surface area contributed by atoms with Crippen LogP contribution in [0, 0.1) is 0 Å². The monoisotopic (exact) mass is 347 g/mol. The van der Waals surface area contributed by atoms with E-state index in [1.54, 1.807) is 0 Å². The highest BCUT2D eigenvalue weighted by Crippen LogP contribution is 1.86. The number of hydrogen-bond donors (Lipinski definition) is 2. The van der Waals surface area contributed by atoms with E-state index < -0.39 is 0 Å². The van der Waals surface area contributed by atoms with E-state index in [1.165, 1.54) is 0 Å². The summed E-state index contributed by atoms with van der Waals surface area (Å²) in [6.07, 6.45) is 1.12. The quantitative estimate of drug-likeness (QED) is 0.157. The van der Waals surface area contributed by atoms with Crippen LogP contribution in [-0.2, 0) is 23.7 Å². The summed E-state index contributed by atoms with van der Waals surface area (Å²) >= 11 is 0. The van der Waals surface area contributed by atoms with Crippen LogP contribution in [0.4, 0.5) is 0 Å². The summed E-state index contributed by atoms with van der Waals surface area (Å²) in [7, 11) is 0. The first-order valence-corrected chi connectivity index (χ1v) is 8.10. The molecular weight excluding hydrogens is 318 g/mol. The Balaban J connectivity index is 3.09. The number of ether oxygens (including phenoxy) is 4. The van der Waals surface area contributed by atoms with Crippen molar-refractivity contribution in [3.8, 4) is 0 Å². The van der Waals surface area contributed by atoms with Gasteiger partial charge >= 0.3 is 0 Å². The summed E-state index contributed by atoms with van der Waals surface area (Å²) in [5.74, 6) is -0.0283. The Hall–Kier alpha value is -1.42. The molecule has 1 amide bonds. The van der Waals surface area contributed by atoms with Crippen LogP contribution in [0.1, 0.15) is 12.8 Å². The lowest BCUT2D eigenvalue weighted by atomic mass is 10.4. The van der Waals surface area contributed by atoms with Gasteiger partial charge in [0.15, 0.2) is 0 Å². The average molecular weight is 347 g/mol. The van der Waals surface area contributed by atoms with Gasteiger partial charge in [0, 0.05) is 24.4 Å². The number of amides is 1. The van der Waals surface area contributed by atoms with Gasteiger partial charge in [-0.1, -0.05) is 5.11 Å². The van der Waals surface area contributed by atoms with Crippen LogP contribution in [0.2, 0.25) is 0 Å². The molecule has 0 aliphatic carbocycles. The molecule has 0 aliphatic heterocycles. The Kier molecular flexibility index (Phi) is 18.5. The second kappa shape index (κ2) is 19.6. The van der Waals surface area contributed by atoms with Crippen LogP contribution in [0.15, 0.2) is 5.11 Å². The van der Waals surface area contributed by atoms with E-state index in [1.807, 2.05) is 0 Å². The maximum atomic E-state index is 11.3. The zero-order valence-corrected chi connectivity index (χ0v) is 14.2. The first-order chi connectivity index (χ1) is 11.8. The molecule has 0 aromatic carbocycles. The topological polar surface area (TPSA) is 141 Å². The number of nitrogens with zero attached hydrogens (tertiary/aromatic N) is 3. The van der Waals surface area contributed by atoms with Crippen molar-refractivity contribution in [3.05, 3.63) is 10.4 Å². The van der Waals surface area contributed by atoms with Gasteiger partial charge in [0.1, 0.15) is 0 Å².